The lowest BCUT2D eigenvalue weighted by atomic mass is 10.1. The van der Waals surface area contributed by atoms with Crippen molar-refractivity contribution in [2.24, 2.45) is 7.05 Å². The summed E-state index contributed by atoms with van der Waals surface area (Å²) in [4.78, 5) is 13.3. The van der Waals surface area contributed by atoms with E-state index in [1.165, 1.54) is 4.80 Å². The molecule has 1 aromatic heterocycles. The zero-order valence-corrected chi connectivity index (χ0v) is 10.3. The van der Waals surface area contributed by atoms with E-state index in [-0.39, 0.29) is 12.2 Å². The third-order valence-electron chi connectivity index (χ3n) is 2.34. The Morgan fingerprint density at radius 2 is 2.28 bits per heavy atom. The second-order valence-electron chi connectivity index (χ2n) is 3.76. The Labute approximate surface area is 105 Å². The number of hydrogen-bond donors (Lipinski definition) is 0. The molecule has 6 heteroatoms. The summed E-state index contributed by atoms with van der Waals surface area (Å²) < 4.78 is 5.35. The zero-order chi connectivity index (χ0) is 13.0. The molecule has 1 aromatic carbocycles. The maximum absolute atomic E-state index is 12.0. The number of tetrazole rings is 1. The van der Waals surface area contributed by atoms with Crippen LogP contribution in [0.15, 0.2) is 24.3 Å². The van der Waals surface area contributed by atoms with Crippen molar-refractivity contribution >= 4 is 5.78 Å². The molecule has 0 aliphatic carbocycles. The molecule has 0 saturated heterocycles. The number of ether oxygens (including phenoxy) is 1. The first kappa shape index (κ1) is 12.2. The number of carbonyl (C=O) groups is 1. The molecule has 6 nitrogen and oxygen atoms in total. The van der Waals surface area contributed by atoms with Gasteiger partial charge in [0.05, 0.1) is 20.1 Å². The maximum Gasteiger partial charge on any atom is 0.182 e. The fourth-order valence-electron chi connectivity index (χ4n) is 1.57. The molecule has 2 rings (SSSR count). The van der Waals surface area contributed by atoms with Crippen LogP contribution in [0.5, 0.6) is 5.75 Å². The van der Waals surface area contributed by atoms with E-state index in [4.69, 9.17) is 4.74 Å². The number of aryl methyl sites for hydroxylation is 1. The Morgan fingerprint density at radius 3 is 2.94 bits per heavy atom. The first-order chi connectivity index (χ1) is 8.69. The van der Waals surface area contributed by atoms with E-state index in [1.54, 1.807) is 25.2 Å². The molecular formula is C12H14N4O2. The van der Waals surface area contributed by atoms with Crippen LogP contribution in [0.3, 0.4) is 0 Å². The molecule has 0 bridgehead atoms. The molecule has 0 spiro atoms. The van der Waals surface area contributed by atoms with E-state index in [1.807, 2.05) is 13.0 Å². The first-order valence-electron chi connectivity index (χ1n) is 5.68. The normalized spacial score (nSPS) is 10.3. The monoisotopic (exact) mass is 246 g/mol. The number of ketones is 1. The fourth-order valence-corrected chi connectivity index (χ4v) is 1.57. The van der Waals surface area contributed by atoms with Gasteiger partial charge in [0.15, 0.2) is 11.6 Å². The molecule has 0 radical (unpaired) electrons. The number of carbonyl (C=O) groups excluding carboxylic acids is 1. The van der Waals surface area contributed by atoms with E-state index in [0.29, 0.717) is 23.7 Å². The minimum Gasteiger partial charge on any atom is -0.494 e. The number of benzene rings is 1. The van der Waals surface area contributed by atoms with E-state index >= 15 is 0 Å². The van der Waals surface area contributed by atoms with E-state index in [9.17, 15) is 4.79 Å². The Morgan fingerprint density at radius 1 is 1.44 bits per heavy atom. The molecule has 0 N–H and O–H groups in total. The fraction of sp³-hybridized carbons (Fsp3) is 0.333. The molecule has 0 saturated carbocycles. The third-order valence-corrected chi connectivity index (χ3v) is 2.34. The van der Waals surface area contributed by atoms with Crippen LogP contribution < -0.4 is 4.74 Å². The Bertz CT molecular complexity index is 551. The third kappa shape index (κ3) is 2.91. The Kier molecular flexibility index (Phi) is 3.66. The highest BCUT2D eigenvalue weighted by atomic mass is 16.5. The van der Waals surface area contributed by atoms with Gasteiger partial charge in [-0.15, -0.1) is 10.2 Å². The summed E-state index contributed by atoms with van der Waals surface area (Å²) in [5, 5.41) is 11.5. The van der Waals surface area contributed by atoms with Crippen molar-refractivity contribution in [3.05, 3.63) is 35.7 Å². The second-order valence-corrected chi connectivity index (χ2v) is 3.76. The molecule has 0 atom stereocenters. The van der Waals surface area contributed by atoms with Crippen LogP contribution in [0.1, 0.15) is 23.1 Å². The van der Waals surface area contributed by atoms with Gasteiger partial charge in [-0.1, -0.05) is 12.1 Å². The summed E-state index contributed by atoms with van der Waals surface area (Å²) in [7, 11) is 1.66. The lowest BCUT2D eigenvalue weighted by Gasteiger charge is -2.04. The number of rotatable bonds is 5. The topological polar surface area (TPSA) is 69.9 Å². The molecular weight excluding hydrogens is 232 g/mol. The van der Waals surface area contributed by atoms with Crippen LogP contribution in [0, 0.1) is 0 Å². The highest BCUT2D eigenvalue weighted by molar-refractivity contribution is 5.97. The van der Waals surface area contributed by atoms with Gasteiger partial charge in [0.25, 0.3) is 0 Å². The molecule has 0 fully saturated rings. The zero-order valence-electron chi connectivity index (χ0n) is 10.3. The van der Waals surface area contributed by atoms with Crippen molar-refractivity contribution in [3.63, 3.8) is 0 Å². The lowest BCUT2D eigenvalue weighted by Crippen LogP contribution is -2.06. The summed E-state index contributed by atoms with van der Waals surface area (Å²) in [5.74, 6) is 1.06. The molecule has 18 heavy (non-hydrogen) atoms. The van der Waals surface area contributed by atoms with E-state index < -0.39 is 0 Å². The van der Waals surface area contributed by atoms with Gasteiger partial charge < -0.3 is 4.74 Å². The predicted octanol–water partition coefficient (Wildman–Crippen LogP) is 1.03. The van der Waals surface area contributed by atoms with Gasteiger partial charge in [0.1, 0.15) is 5.75 Å². The molecule has 0 aliphatic rings. The summed E-state index contributed by atoms with van der Waals surface area (Å²) in [6, 6.07) is 7.09. The largest absolute Gasteiger partial charge is 0.494 e. The second kappa shape index (κ2) is 5.39. The Balaban J connectivity index is 2.11. The van der Waals surface area contributed by atoms with Crippen LogP contribution in [-0.4, -0.2) is 32.6 Å². The molecule has 0 unspecified atom stereocenters. The molecule has 0 aliphatic heterocycles. The molecule has 2 aromatic rings. The summed E-state index contributed by atoms with van der Waals surface area (Å²) in [6.45, 7) is 2.47. The van der Waals surface area contributed by atoms with Gasteiger partial charge in [-0.25, -0.2) is 0 Å². The van der Waals surface area contributed by atoms with Crippen LogP contribution in [-0.2, 0) is 13.5 Å². The number of aromatic nitrogens is 4. The van der Waals surface area contributed by atoms with Crippen LogP contribution >= 0.6 is 0 Å². The average molecular weight is 246 g/mol. The smallest absolute Gasteiger partial charge is 0.182 e. The number of hydrogen-bond acceptors (Lipinski definition) is 5. The van der Waals surface area contributed by atoms with Gasteiger partial charge in [0.2, 0.25) is 0 Å². The maximum atomic E-state index is 12.0. The summed E-state index contributed by atoms with van der Waals surface area (Å²) in [5.41, 5.74) is 0.591. The average Bonchev–Trinajstić information content (AvgIpc) is 2.75. The first-order valence-corrected chi connectivity index (χ1v) is 5.68. The van der Waals surface area contributed by atoms with Gasteiger partial charge in [-0.2, -0.15) is 4.80 Å². The quantitative estimate of drug-likeness (QED) is 0.737. The molecule has 94 valence electrons. The lowest BCUT2D eigenvalue weighted by molar-refractivity contribution is 0.0990. The van der Waals surface area contributed by atoms with E-state index in [2.05, 4.69) is 15.4 Å². The van der Waals surface area contributed by atoms with Gasteiger partial charge in [0, 0.05) is 5.56 Å². The van der Waals surface area contributed by atoms with E-state index in [0.717, 1.165) is 0 Å². The molecule has 1 heterocycles. The standard InChI is InChI=1S/C12H14N4O2/c1-3-18-10-6-4-5-9(7-10)11(17)8-12-13-15-16(2)14-12/h4-7H,3,8H2,1-2H3. The van der Waals surface area contributed by atoms with Crippen LogP contribution in [0.4, 0.5) is 0 Å². The van der Waals surface area contributed by atoms with Crippen molar-refractivity contribution < 1.29 is 9.53 Å². The minimum absolute atomic E-state index is 0.0513. The minimum atomic E-state index is -0.0513. The van der Waals surface area contributed by atoms with Gasteiger partial charge in [-0.3, -0.25) is 4.79 Å². The van der Waals surface area contributed by atoms with Gasteiger partial charge >= 0.3 is 0 Å². The number of nitrogens with zero attached hydrogens (tertiary/aromatic N) is 4. The highest BCUT2D eigenvalue weighted by Gasteiger charge is 2.11. The Hall–Kier alpha value is -2.24. The SMILES string of the molecule is CCOc1cccc(C(=O)Cc2nnn(C)n2)c1. The number of Topliss-reactive ketones (excluding diaryl/α,β-unsaturated/α-hetero) is 1. The summed E-state index contributed by atoms with van der Waals surface area (Å²) in [6.07, 6.45) is 0.142. The highest BCUT2D eigenvalue weighted by Crippen LogP contribution is 2.14. The van der Waals surface area contributed by atoms with Crippen LogP contribution in [0.25, 0.3) is 0 Å². The molecule has 0 amide bonds. The van der Waals surface area contributed by atoms with Gasteiger partial charge in [-0.05, 0) is 24.3 Å². The summed E-state index contributed by atoms with van der Waals surface area (Å²) >= 11 is 0. The van der Waals surface area contributed by atoms with Crippen molar-refractivity contribution in [1.82, 2.24) is 20.2 Å². The van der Waals surface area contributed by atoms with Crippen molar-refractivity contribution in [3.8, 4) is 5.75 Å². The van der Waals surface area contributed by atoms with Crippen molar-refractivity contribution in [2.45, 2.75) is 13.3 Å². The van der Waals surface area contributed by atoms with Crippen molar-refractivity contribution in [2.75, 3.05) is 6.61 Å². The van der Waals surface area contributed by atoms with Crippen molar-refractivity contribution in [1.29, 1.82) is 0 Å². The van der Waals surface area contributed by atoms with Crippen LogP contribution in [0.2, 0.25) is 0 Å². The predicted molar refractivity (Wildman–Crippen MR) is 64.4 cm³/mol.